The normalized spacial score (nSPS) is 12.4. The summed E-state index contributed by atoms with van der Waals surface area (Å²) in [5.74, 6) is 0.236. The number of aryl methyl sites for hydroxylation is 1. The van der Waals surface area contributed by atoms with Crippen molar-refractivity contribution < 1.29 is 9.53 Å². The summed E-state index contributed by atoms with van der Waals surface area (Å²) in [5.41, 5.74) is 0. The van der Waals surface area contributed by atoms with Crippen LogP contribution >= 0.6 is 11.8 Å². The molecule has 8 heteroatoms. The van der Waals surface area contributed by atoms with Crippen LogP contribution in [0.5, 0.6) is 0 Å². The summed E-state index contributed by atoms with van der Waals surface area (Å²) in [7, 11) is 3.33. The molecule has 1 rings (SSSR count). The molecular formula is C8H15N5O2S. The SMILES string of the molecule is COCC(C)NC(=O)CSc1nnnn1C. The average molecular weight is 245 g/mol. The monoisotopic (exact) mass is 245 g/mol. The van der Waals surface area contributed by atoms with Crippen LogP contribution in [0.15, 0.2) is 5.16 Å². The van der Waals surface area contributed by atoms with Gasteiger partial charge in [-0.2, -0.15) is 0 Å². The van der Waals surface area contributed by atoms with Crippen LogP contribution < -0.4 is 5.32 Å². The third kappa shape index (κ3) is 4.15. The second-order valence-electron chi connectivity index (χ2n) is 3.30. The first-order valence-electron chi connectivity index (χ1n) is 4.77. The molecule has 16 heavy (non-hydrogen) atoms. The maximum atomic E-state index is 11.5. The van der Waals surface area contributed by atoms with Gasteiger partial charge in [0.15, 0.2) is 0 Å². The van der Waals surface area contributed by atoms with Crippen molar-refractivity contribution in [2.45, 2.75) is 18.1 Å². The Morgan fingerprint density at radius 1 is 1.69 bits per heavy atom. The number of aromatic nitrogens is 4. The molecular weight excluding hydrogens is 230 g/mol. The van der Waals surface area contributed by atoms with Crippen molar-refractivity contribution in [3.8, 4) is 0 Å². The summed E-state index contributed by atoms with van der Waals surface area (Å²) in [6.07, 6.45) is 0. The van der Waals surface area contributed by atoms with E-state index in [2.05, 4.69) is 20.8 Å². The third-order valence-electron chi connectivity index (χ3n) is 1.74. The van der Waals surface area contributed by atoms with Crippen molar-refractivity contribution in [3.05, 3.63) is 0 Å². The molecule has 0 radical (unpaired) electrons. The van der Waals surface area contributed by atoms with Crippen molar-refractivity contribution >= 4 is 17.7 Å². The van der Waals surface area contributed by atoms with Gasteiger partial charge in [-0.25, -0.2) is 4.68 Å². The molecule has 90 valence electrons. The van der Waals surface area contributed by atoms with Crippen molar-refractivity contribution in [2.75, 3.05) is 19.5 Å². The minimum atomic E-state index is -0.0578. The number of tetrazole rings is 1. The predicted octanol–water partition coefficient (Wildman–Crippen LogP) is -0.547. The molecule has 1 atom stereocenters. The zero-order valence-electron chi connectivity index (χ0n) is 9.51. The fraction of sp³-hybridized carbons (Fsp3) is 0.750. The number of hydrogen-bond acceptors (Lipinski definition) is 6. The molecule has 1 heterocycles. The van der Waals surface area contributed by atoms with Gasteiger partial charge in [0.1, 0.15) is 0 Å². The van der Waals surface area contributed by atoms with Crippen LogP contribution in [0.1, 0.15) is 6.92 Å². The molecule has 0 saturated carbocycles. The molecule has 1 aromatic rings. The van der Waals surface area contributed by atoms with Gasteiger partial charge in [-0.05, 0) is 17.4 Å². The fourth-order valence-corrected chi connectivity index (χ4v) is 1.74. The van der Waals surface area contributed by atoms with E-state index in [1.165, 1.54) is 16.4 Å². The van der Waals surface area contributed by atoms with Crippen molar-refractivity contribution in [3.63, 3.8) is 0 Å². The van der Waals surface area contributed by atoms with E-state index in [9.17, 15) is 4.79 Å². The maximum absolute atomic E-state index is 11.5. The lowest BCUT2D eigenvalue weighted by Gasteiger charge is -2.11. The molecule has 7 nitrogen and oxygen atoms in total. The Bertz CT molecular complexity index is 343. The third-order valence-corrected chi connectivity index (χ3v) is 2.75. The molecule has 0 spiro atoms. The van der Waals surface area contributed by atoms with E-state index in [4.69, 9.17) is 4.74 Å². The Kier molecular flexibility index (Phi) is 5.20. The number of methoxy groups -OCH3 is 1. The molecule has 1 unspecified atom stereocenters. The van der Waals surface area contributed by atoms with Crippen LogP contribution in [0.25, 0.3) is 0 Å². The maximum Gasteiger partial charge on any atom is 0.230 e. The predicted molar refractivity (Wildman–Crippen MR) is 59.0 cm³/mol. The Labute approximate surface area is 97.9 Å². The molecule has 0 saturated heterocycles. The molecule has 0 aliphatic rings. The number of thioether (sulfide) groups is 1. The van der Waals surface area contributed by atoms with Crippen molar-refractivity contribution in [2.24, 2.45) is 7.05 Å². The van der Waals surface area contributed by atoms with Gasteiger partial charge in [-0.1, -0.05) is 11.8 Å². The number of carbonyl (C=O) groups excluding carboxylic acids is 1. The highest BCUT2D eigenvalue weighted by Crippen LogP contribution is 2.11. The van der Waals surface area contributed by atoms with Gasteiger partial charge in [0, 0.05) is 20.2 Å². The fourth-order valence-electron chi connectivity index (χ4n) is 1.08. The van der Waals surface area contributed by atoms with Gasteiger partial charge in [-0.15, -0.1) is 5.10 Å². The zero-order chi connectivity index (χ0) is 12.0. The van der Waals surface area contributed by atoms with Crippen LogP contribution in [-0.4, -0.2) is 51.6 Å². The number of nitrogens with zero attached hydrogens (tertiary/aromatic N) is 4. The van der Waals surface area contributed by atoms with E-state index in [1.54, 1.807) is 14.2 Å². The first-order valence-corrected chi connectivity index (χ1v) is 5.75. The van der Waals surface area contributed by atoms with Crippen LogP contribution in [0, 0.1) is 0 Å². The van der Waals surface area contributed by atoms with E-state index in [0.717, 1.165) is 0 Å². The smallest absolute Gasteiger partial charge is 0.230 e. The molecule has 0 aliphatic heterocycles. The van der Waals surface area contributed by atoms with Gasteiger partial charge >= 0.3 is 0 Å². The number of ether oxygens (including phenoxy) is 1. The summed E-state index contributed by atoms with van der Waals surface area (Å²) in [4.78, 5) is 11.5. The Balaban J connectivity index is 2.28. The van der Waals surface area contributed by atoms with Crippen LogP contribution in [0.3, 0.4) is 0 Å². The van der Waals surface area contributed by atoms with Gasteiger partial charge < -0.3 is 10.1 Å². The minimum absolute atomic E-state index is 0.00993. The second-order valence-corrected chi connectivity index (χ2v) is 4.24. The first-order chi connectivity index (χ1) is 7.63. The molecule has 1 amide bonds. The lowest BCUT2D eigenvalue weighted by Crippen LogP contribution is -2.36. The summed E-state index contributed by atoms with van der Waals surface area (Å²) in [6, 6.07) is 0.00993. The molecule has 1 aromatic heterocycles. The summed E-state index contributed by atoms with van der Waals surface area (Å²) < 4.78 is 6.44. The van der Waals surface area contributed by atoms with Gasteiger partial charge in [0.2, 0.25) is 11.1 Å². The van der Waals surface area contributed by atoms with Gasteiger partial charge in [0.25, 0.3) is 0 Å². The van der Waals surface area contributed by atoms with Crippen LogP contribution in [-0.2, 0) is 16.6 Å². The summed E-state index contributed by atoms with van der Waals surface area (Å²) in [6.45, 7) is 2.39. The summed E-state index contributed by atoms with van der Waals surface area (Å²) in [5, 5.41) is 14.3. The first kappa shape index (κ1) is 12.9. The van der Waals surface area contributed by atoms with E-state index >= 15 is 0 Å². The zero-order valence-corrected chi connectivity index (χ0v) is 10.3. The highest BCUT2D eigenvalue weighted by atomic mass is 32.2. The molecule has 0 bridgehead atoms. The van der Waals surface area contributed by atoms with Gasteiger partial charge in [0.05, 0.1) is 12.4 Å². The molecule has 0 aromatic carbocycles. The Hall–Kier alpha value is -1.15. The molecule has 1 N–H and O–H groups in total. The lowest BCUT2D eigenvalue weighted by atomic mass is 10.3. The topological polar surface area (TPSA) is 81.9 Å². The van der Waals surface area contributed by atoms with E-state index < -0.39 is 0 Å². The van der Waals surface area contributed by atoms with Crippen LogP contribution in [0.4, 0.5) is 0 Å². The highest BCUT2D eigenvalue weighted by Gasteiger charge is 2.09. The lowest BCUT2D eigenvalue weighted by molar-refractivity contribution is -0.119. The summed E-state index contributed by atoms with van der Waals surface area (Å²) >= 11 is 1.30. The number of nitrogens with one attached hydrogen (secondary N) is 1. The molecule has 0 fully saturated rings. The standard InChI is InChI=1S/C8H15N5O2S/c1-6(4-15-3)9-7(14)5-16-8-10-11-12-13(8)2/h6H,4-5H2,1-3H3,(H,9,14). The number of carbonyl (C=O) groups is 1. The second kappa shape index (κ2) is 6.44. The number of amides is 1. The number of hydrogen-bond donors (Lipinski definition) is 1. The van der Waals surface area contributed by atoms with Crippen molar-refractivity contribution in [1.82, 2.24) is 25.5 Å². The average Bonchev–Trinajstić information content (AvgIpc) is 2.61. The Morgan fingerprint density at radius 2 is 2.44 bits per heavy atom. The van der Waals surface area contributed by atoms with E-state index in [0.29, 0.717) is 17.5 Å². The number of rotatable bonds is 6. The Morgan fingerprint density at radius 3 is 3.00 bits per heavy atom. The highest BCUT2D eigenvalue weighted by molar-refractivity contribution is 7.99. The van der Waals surface area contributed by atoms with Gasteiger partial charge in [-0.3, -0.25) is 4.79 Å². The minimum Gasteiger partial charge on any atom is -0.383 e. The van der Waals surface area contributed by atoms with Crippen LogP contribution in [0.2, 0.25) is 0 Å². The molecule has 0 aliphatic carbocycles. The quantitative estimate of drug-likeness (QED) is 0.677. The largest absolute Gasteiger partial charge is 0.383 e. The van der Waals surface area contributed by atoms with E-state index in [-0.39, 0.29) is 11.9 Å². The van der Waals surface area contributed by atoms with E-state index in [1.807, 2.05) is 6.92 Å². The van der Waals surface area contributed by atoms with Crippen molar-refractivity contribution in [1.29, 1.82) is 0 Å².